The number of allylic oxidation sites excluding steroid dienone is 2. The summed E-state index contributed by atoms with van der Waals surface area (Å²) >= 11 is 0. The molecule has 0 saturated heterocycles. The van der Waals surface area contributed by atoms with Gasteiger partial charge in [0.05, 0.1) is 5.56 Å². The molecule has 0 aliphatic rings. The molecule has 0 atom stereocenters. The molecule has 0 saturated carbocycles. The van der Waals surface area contributed by atoms with Crippen molar-refractivity contribution < 1.29 is 24.6 Å². The number of fused-ring (bicyclic) bond motifs is 1. The Bertz CT molecular complexity index is 1620. The molecule has 4 aromatic carbocycles. The van der Waals surface area contributed by atoms with Gasteiger partial charge in [-0.1, -0.05) is 42.5 Å². The topological polar surface area (TPSA) is 128 Å². The van der Waals surface area contributed by atoms with Crippen molar-refractivity contribution in [2.24, 2.45) is 0 Å². The van der Waals surface area contributed by atoms with E-state index in [9.17, 15) is 24.6 Å². The summed E-state index contributed by atoms with van der Waals surface area (Å²) in [5.41, 5.74) is 9.11. The third-order valence-electron chi connectivity index (χ3n) is 6.65. The Morgan fingerprint density at radius 3 is 2.27 bits per heavy atom. The molecule has 0 aliphatic carbocycles. The first kappa shape index (κ1) is 27.9. The van der Waals surface area contributed by atoms with Gasteiger partial charge in [-0.25, -0.2) is 0 Å². The van der Waals surface area contributed by atoms with E-state index < -0.39 is 5.91 Å². The standard InChI is InChI=1S/C32H31N3O5/c1-19-8-9-20(2)27(18-19)33-29(38)17-15-26(21(3)31(39)23-10-13-24(36)14-11-23)34-35-32(40)30-25-7-5-4-6-22(25)12-16-28(30)37/h4-14,16,18,34,36-37H,15,17H2,1-3H3,(H,33,38)(H,35,40). The summed E-state index contributed by atoms with van der Waals surface area (Å²) in [6, 6.07) is 21.9. The quantitative estimate of drug-likeness (QED) is 0.106. The number of anilines is 1. The van der Waals surface area contributed by atoms with E-state index in [1.54, 1.807) is 25.1 Å². The van der Waals surface area contributed by atoms with E-state index in [1.807, 2.05) is 44.2 Å². The number of ketones is 1. The Morgan fingerprint density at radius 1 is 0.800 bits per heavy atom. The summed E-state index contributed by atoms with van der Waals surface area (Å²) in [6.45, 7) is 5.44. The number of aryl methyl sites for hydroxylation is 2. The van der Waals surface area contributed by atoms with Crippen molar-refractivity contribution >= 4 is 34.1 Å². The highest BCUT2D eigenvalue weighted by atomic mass is 16.3. The molecule has 0 unspecified atom stereocenters. The molecule has 0 spiro atoms. The predicted octanol–water partition coefficient (Wildman–Crippen LogP) is 5.68. The summed E-state index contributed by atoms with van der Waals surface area (Å²) in [6.07, 6.45) is 0.152. The molecule has 0 fully saturated rings. The van der Waals surface area contributed by atoms with Crippen LogP contribution in [0.5, 0.6) is 11.5 Å². The lowest BCUT2D eigenvalue weighted by atomic mass is 10.0. The number of phenolic OH excluding ortho intramolecular Hbond substituents is 2. The van der Waals surface area contributed by atoms with E-state index in [0.717, 1.165) is 16.5 Å². The molecule has 4 rings (SSSR count). The molecule has 4 aromatic rings. The molecule has 5 N–H and O–H groups in total. The van der Waals surface area contributed by atoms with Gasteiger partial charge in [0.1, 0.15) is 11.5 Å². The summed E-state index contributed by atoms with van der Waals surface area (Å²) < 4.78 is 0. The molecule has 204 valence electrons. The molecule has 8 nitrogen and oxygen atoms in total. The van der Waals surface area contributed by atoms with Gasteiger partial charge in [-0.15, -0.1) is 0 Å². The number of Topliss-reactive ketones (excluding diaryl/α,β-unsaturated/α-hetero) is 1. The van der Waals surface area contributed by atoms with Gasteiger partial charge in [0.2, 0.25) is 5.91 Å². The van der Waals surface area contributed by atoms with Crippen molar-refractivity contribution in [2.45, 2.75) is 33.6 Å². The van der Waals surface area contributed by atoms with Crippen molar-refractivity contribution in [3.05, 3.63) is 112 Å². The van der Waals surface area contributed by atoms with Crippen LogP contribution in [0, 0.1) is 13.8 Å². The Hall–Kier alpha value is -5.11. The fraction of sp³-hybridized carbons (Fsp3) is 0.156. The lowest BCUT2D eigenvalue weighted by molar-refractivity contribution is -0.116. The highest BCUT2D eigenvalue weighted by Crippen LogP contribution is 2.27. The monoisotopic (exact) mass is 537 g/mol. The average molecular weight is 538 g/mol. The molecule has 0 aliphatic heterocycles. The molecular formula is C32H31N3O5. The van der Waals surface area contributed by atoms with E-state index >= 15 is 0 Å². The molecule has 0 radical (unpaired) electrons. The van der Waals surface area contributed by atoms with Crippen molar-refractivity contribution in [1.29, 1.82) is 0 Å². The van der Waals surface area contributed by atoms with Crippen molar-refractivity contribution in [2.75, 3.05) is 5.32 Å². The maximum absolute atomic E-state index is 13.2. The third kappa shape index (κ3) is 6.47. The van der Waals surface area contributed by atoms with Crippen LogP contribution in [0.25, 0.3) is 10.8 Å². The molecule has 0 heterocycles. The van der Waals surface area contributed by atoms with Gasteiger partial charge >= 0.3 is 0 Å². The second-order valence-electron chi connectivity index (χ2n) is 9.61. The smallest absolute Gasteiger partial charge is 0.273 e. The maximum Gasteiger partial charge on any atom is 0.273 e. The second-order valence-corrected chi connectivity index (χ2v) is 9.61. The predicted molar refractivity (Wildman–Crippen MR) is 155 cm³/mol. The SMILES string of the molecule is CC(C(=O)c1ccc(O)cc1)=C(CCC(=O)Nc1cc(C)ccc1C)NNC(=O)c1c(O)ccc2ccccc12. The molecular weight excluding hydrogens is 506 g/mol. The number of amides is 2. The number of carbonyl (C=O) groups excluding carboxylic acids is 3. The van der Waals surface area contributed by atoms with Crippen molar-refractivity contribution in [3.8, 4) is 11.5 Å². The fourth-order valence-electron chi connectivity index (χ4n) is 4.33. The van der Waals surface area contributed by atoms with Crippen LogP contribution < -0.4 is 16.2 Å². The van der Waals surface area contributed by atoms with E-state index in [1.165, 1.54) is 30.3 Å². The third-order valence-corrected chi connectivity index (χ3v) is 6.65. The van der Waals surface area contributed by atoms with Crippen LogP contribution in [-0.2, 0) is 4.79 Å². The average Bonchev–Trinajstić information content (AvgIpc) is 2.94. The van der Waals surface area contributed by atoms with Gasteiger partial charge in [-0.3, -0.25) is 19.8 Å². The zero-order valence-corrected chi connectivity index (χ0v) is 22.5. The summed E-state index contributed by atoms with van der Waals surface area (Å²) in [5.74, 6) is -1.35. The first-order valence-electron chi connectivity index (χ1n) is 12.8. The Balaban J connectivity index is 1.57. The van der Waals surface area contributed by atoms with E-state index in [0.29, 0.717) is 22.3 Å². The lowest BCUT2D eigenvalue weighted by Crippen LogP contribution is -2.38. The van der Waals surface area contributed by atoms with Crippen LogP contribution in [0.1, 0.15) is 51.6 Å². The molecule has 40 heavy (non-hydrogen) atoms. The minimum Gasteiger partial charge on any atom is -0.508 e. The maximum atomic E-state index is 13.2. The van der Waals surface area contributed by atoms with Crippen LogP contribution in [0.15, 0.2) is 90.1 Å². The van der Waals surface area contributed by atoms with Gasteiger partial charge in [0, 0.05) is 28.9 Å². The van der Waals surface area contributed by atoms with Gasteiger partial charge in [0.15, 0.2) is 5.78 Å². The fourth-order valence-corrected chi connectivity index (χ4v) is 4.33. The molecule has 8 heteroatoms. The molecule has 2 amide bonds. The van der Waals surface area contributed by atoms with E-state index in [4.69, 9.17) is 0 Å². The first-order valence-corrected chi connectivity index (χ1v) is 12.8. The normalized spacial score (nSPS) is 11.5. The van der Waals surface area contributed by atoms with Crippen LogP contribution in [0.2, 0.25) is 0 Å². The van der Waals surface area contributed by atoms with Gasteiger partial charge in [-0.05, 0) is 85.5 Å². The number of hydrazine groups is 1. The minimum atomic E-state index is -0.600. The van der Waals surface area contributed by atoms with Crippen LogP contribution in [-0.4, -0.2) is 27.8 Å². The second kappa shape index (κ2) is 12.2. The molecule has 0 aromatic heterocycles. The van der Waals surface area contributed by atoms with Crippen molar-refractivity contribution in [3.63, 3.8) is 0 Å². The number of hydrogen-bond donors (Lipinski definition) is 5. The highest BCUT2D eigenvalue weighted by molar-refractivity contribution is 6.10. The van der Waals surface area contributed by atoms with E-state index in [-0.39, 0.29) is 47.2 Å². The lowest BCUT2D eigenvalue weighted by Gasteiger charge is -2.17. The number of hydrogen-bond acceptors (Lipinski definition) is 6. The number of aromatic hydroxyl groups is 2. The minimum absolute atomic E-state index is 0.0294. The summed E-state index contributed by atoms with van der Waals surface area (Å²) in [4.78, 5) is 39.2. The Kier molecular flexibility index (Phi) is 8.49. The van der Waals surface area contributed by atoms with Gasteiger partial charge in [0.25, 0.3) is 5.91 Å². The first-order chi connectivity index (χ1) is 19.1. The summed E-state index contributed by atoms with van der Waals surface area (Å²) in [5, 5.41) is 24.3. The Morgan fingerprint density at radius 2 is 1.52 bits per heavy atom. The van der Waals surface area contributed by atoms with Crippen LogP contribution >= 0.6 is 0 Å². The number of carbonyl (C=O) groups is 3. The largest absolute Gasteiger partial charge is 0.508 e. The summed E-state index contributed by atoms with van der Waals surface area (Å²) in [7, 11) is 0. The van der Waals surface area contributed by atoms with Crippen LogP contribution in [0.3, 0.4) is 0 Å². The van der Waals surface area contributed by atoms with Gasteiger partial charge in [-0.2, -0.15) is 0 Å². The van der Waals surface area contributed by atoms with Crippen LogP contribution in [0.4, 0.5) is 5.69 Å². The van der Waals surface area contributed by atoms with Crippen molar-refractivity contribution in [1.82, 2.24) is 10.9 Å². The van der Waals surface area contributed by atoms with E-state index in [2.05, 4.69) is 16.2 Å². The number of nitrogens with one attached hydrogen (secondary N) is 3. The van der Waals surface area contributed by atoms with Gasteiger partial charge < -0.3 is 21.0 Å². The zero-order chi connectivity index (χ0) is 28.8. The Labute approximate surface area is 232 Å². The molecule has 0 bridgehead atoms. The number of phenols is 2. The zero-order valence-electron chi connectivity index (χ0n) is 22.5. The number of rotatable bonds is 9. The highest BCUT2D eigenvalue weighted by Gasteiger charge is 2.19. The number of benzene rings is 4.